The van der Waals surface area contributed by atoms with Crippen LogP contribution in [0.15, 0.2) is 30.5 Å². The van der Waals surface area contributed by atoms with Crippen molar-refractivity contribution in [1.29, 1.82) is 0 Å². The summed E-state index contributed by atoms with van der Waals surface area (Å²) in [5.74, 6) is 1.80. The average molecular weight is 261 g/mol. The monoisotopic (exact) mass is 261 g/mol. The van der Waals surface area contributed by atoms with Gasteiger partial charge in [-0.2, -0.15) is 11.8 Å². The number of nitrogens with two attached hydrogens (primary N) is 1. The molecule has 0 saturated heterocycles. The van der Waals surface area contributed by atoms with Gasteiger partial charge in [-0.05, 0) is 42.2 Å². The minimum Gasteiger partial charge on any atom is -0.398 e. The summed E-state index contributed by atoms with van der Waals surface area (Å²) in [4.78, 5) is 4.42. The molecule has 2 rings (SSSR count). The third-order valence-corrected chi connectivity index (χ3v) is 3.80. The molecule has 96 valence electrons. The topological polar surface area (TPSA) is 50.9 Å². The van der Waals surface area contributed by atoms with Gasteiger partial charge in [0.05, 0.1) is 11.2 Å². The molecule has 1 aromatic heterocycles. The fourth-order valence-corrected chi connectivity index (χ4v) is 2.65. The Labute approximate surface area is 112 Å². The Morgan fingerprint density at radius 1 is 1.39 bits per heavy atom. The minimum absolute atomic E-state index is 0.635. The number of nitrogen functional groups attached to an aromatic ring is 1. The maximum atomic E-state index is 5.96. The number of hydrogen-bond acceptors (Lipinski definition) is 4. The molecule has 0 saturated carbocycles. The van der Waals surface area contributed by atoms with Crippen LogP contribution in [0.5, 0.6) is 0 Å². The van der Waals surface area contributed by atoms with Crippen LogP contribution in [-0.4, -0.2) is 23.5 Å². The van der Waals surface area contributed by atoms with Gasteiger partial charge >= 0.3 is 0 Å². The number of benzene rings is 1. The van der Waals surface area contributed by atoms with Gasteiger partial charge in [-0.1, -0.05) is 6.92 Å². The van der Waals surface area contributed by atoms with Gasteiger partial charge in [-0.25, -0.2) is 0 Å². The molecule has 0 radical (unpaired) electrons. The predicted molar refractivity (Wildman–Crippen MR) is 82.2 cm³/mol. The van der Waals surface area contributed by atoms with Gasteiger partial charge < -0.3 is 11.1 Å². The zero-order valence-corrected chi connectivity index (χ0v) is 11.6. The smallest absolute Gasteiger partial charge is 0.0953 e. The first kappa shape index (κ1) is 13.0. The number of hydrogen-bond donors (Lipinski definition) is 2. The van der Waals surface area contributed by atoms with Crippen LogP contribution >= 0.6 is 11.8 Å². The van der Waals surface area contributed by atoms with Crippen LogP contribution in [0.2, 0.25) is 0 Å². The second kappa shape index (κ2) is 5.96. The molecule has 0 spiro atoms. The highest BCUT2D eigenvalue weighted by molar-refractivity contribution is 7.98. The maximum Gasteiger partial charge on any atom is 0.0953 e. The summed E-state index contributed by atoms with van der Waals surface area (Å²) in [6.45, 7) is 3.20. The number of nitrogens with zero attached hydrogens (tertiary/aromatic N) is 1. The van der Waals surface area contributed by atoms with Gasteiger partial charge in [0.2, 0.25) is 0 Å². The normalized spacial score (nSPS) is 12.6. The maximum absolute atomic E-state index is 5.96. The molecule has 0 aliphatic heterocycles. The molecular formula is C14H19N3S. The van der Waals surface area contributed by atoms with Crippen LogP contribution in [0.4, 0.5) is 11.4 Å². The van der Waals surface area contributed by atoms with E-state index < -0.39 is 0 Å². The number of fused-ring (bicyclic) bond motifs is 1. The molecule has 3 nitrogen and oxygen atoms in total. The zero-order valence-electron chi connectivity index (χ0n) is 10.8. The highest BCUT2D eigenvalue weighted by Crippen LogP contribution is 2.26. The second-order valence-electron chi connectivity index (χ2n) is 4.54. The fourth-order valence-electron chi connectivity index (χ4n) is 1.96. The highest BCUT2D eigenvalue weighted by Gasteiger charge is 2.06. The minimum atomic E-state index is 0.635. The number of anilines is 2. The van der Waals surface area contributed by atoms with Crippen molar-refractivity contribution in [2.75, 3.05) is 29.6 Å². The van der Waals surface area contributed by atoms with Crippen LogP contribution in [0.25, 0.3) is 10.9 Å². The molecule has 0 fully saturated rings. The number of nitrogens with one attached hydrogen (secondary N) is 1. The number of pyridine rings is 1. The first-order valence-corrected chi connectivity index (χ1v) is 7.47. The van der Waals surface area contributed by atoms with Gasteiger partial charge in [0.15, 0.2) is 0 Å². The summed E-state index contributed by atoms with van der Waals surface area (Å²) in [7, 11) is 0. The Bertz CT molecular complexity index is 527. The lowest BCUT2D eigenvalue weighted by molar-refractivity contribution is 0.702. The average Bonchev–Trinajstić information content (AvgIpc) is 2.39. The Kier molecular flexibility index (Phi) is 4.31. The van der Waals surface area contributed by atoms with E-state index in [0.717, 1.165) is 34.6 Å². The molecule has 1 heterocycles. The van der Waals surface area contributed by atoms with E-state index in [1.165, 1.54) is 0 Å². The molecule has 0 amide bonds. The van der Waals surface area contributed by atoms with E-state index in [1.807, 2.05) is 36.0 Å². The molecule has 3 N–H and O–H groups in total. The molecule has 0 bridgehead atoms. The van der Waals surface area contributed by atoms with Crippen molar-refractivity contribution >= 4 is 34.0 Å². The van der Waals surface area contributed by atoms with E-state index >= 15 is 0 Å². The van der Waals surface area contributed by atoms with Crippen molar-refractivity contribution in [2.45, 2.75) is 6.92 Å². The van der Waals surface area contributed by atoms with Crippen LogP contribution in [-0.2, 0) is 0 Å². The SMILES string of the molecule is CSCC(C)CNc1ccc(N)c2cccnc12. The Morgan fingerprint density at radius 2 is 2.22 bits per heavy atom. The Balaban J connectivity index is 2.21. The predicted octanol–water partition coefficient (Wildman–Crippen LogP) is 3.23. The van der Waals surface area contributed by atoms with E-state index in [0.29, 0.717) is 5.92 Å². The lowest BCUT2D eigenvalue weighted by Crippen LogP contribution is -2.13. The third kappa shape index (κ3) is 2.88. The van der Waals surface area contributed by atoms with E-state index in [2.05, 4.69) is 23.5 Å². The standard InChI is InChI=1S/C14H19N3S/c1-10(9-18-2)8-17-13-6-5-12(15)11-4-3-7-16-14(11)13/h3-7,10,17H,8-9,15H2,1-2H3. The molecule has 2 aromatic rings. The number of rotatable bonds is 5. The van der Waals surface area contributed by atoms with Gasteiger partial charge in [0.1, 0.15) is 0 Å². The van der Waals surface area contributed by atoms with Gasteiger partial charge in [-0.15, -0.1) is 0 Å². The van der Waals surface area contributed by atoms with E-state index in [-0.39, 0.29) is 0 Å². The van der Waals surface area contributed by atoms with E-state index in [1.54, 1.807) is 6.20 Å². The van der Waals surface area contributed by atoms with E-state index in [9.17, 15) is 0 Å². The molecule has 1 unspecified atom stereocenters. The Hall–Kier alpha value is -1.42. The molecule has 18 heavy (non-hydrogen) atoms. The summed E-state index contributed by atoms with van der Waals surface area (Å²) < 4.78 is 0. The summed E-state index contributed by atoms with van der Waals surface area (Å²) >= 11 is 1.88. The largest absolute Gasteiger partial charge is 0.398 e. The van der Waals surface area contributed by atoms with Crippen molar-refractivity contribution in [3.63, 3.8) is 0 Å². The summed E-state index contributed by atoms with van der Waals surface area (Å²) in [6.07, 6.45) is 3.94. The van der Waals surface area contributed by atoms with Crippen molar-refractivity contribution in [3.05, 3.63) is 30.5 Å². The van der Waals surface area contributed by atoms with Crippen molar-refractivity contribution in [1.82, 2.24) is 4.98 Å². The molecule has 0 aliphatic rings. The van der Waals surface area contributed by atoms with Crippen LogP contribution in [0, 0.1) is 5.92 Å². The first-order valence-electron chi connectivity index (χ1n) is 6.08. The van der Waals surface area contributed by atoms with Gasteiger partial charge in [0, 0.05) is 23.8 Å². The van der Waals surface area contributed by atoms with Crippen molar-refractivity contribution in [2.24, 2.45) is 5.92 Å². The van der Waals surface area contributed by atoms with Crippen LogP contribution in [0.1, 0.15) is 6.92 Å². The zero-order chi connectivity index (χ0) is 13.0. The highest BCUT2D eigenvalue weighted by atomic mass is 32.2. The molecule has 1 atom stereocenters. The molecule has 1 aromatic carbocycles. The third-order valence-electron chi connectivity index (χ3n) is 2.90. The fraction of sp³-hybridized carbons (Fsp3) is 0.357. The molecular weight excluding hydrogens is 242 g/mol. The Morgan fingerprint density at radius 3 is 3.00 bits per heavy atom. The van der Waals surface area contributed by atoms with Gasteiger partial charge in [-0.3, -0.25) is 4.98 Å². The lowest BCUT2D eigenvalue weighted by Gasteiger charge is -2.14. The second-order valence-corrected chi connectivity index (χ2v) is 5.45. The summed E-state index contributed by atoms with van der Waals surface area (Å²) in [5.41, 5.74) is 8.75. The van der Waals surface area contributed by atoms with Crippen LogP contribution < -0.4 is 11.1 Å². The number of aromatic nitrogens is 1. The summed E-state index contributed by atoms with van der Waals surface area (Å²) in [5, 5.41) is 4.48. The number of thioether (sulfide) groups is 1. The first-order chi connectivity index (χ1) is 8.72. The molecule has 0 aliphatic carbocycles. The van der Waals surface area contributed by atoms with Crippen molar-refractivity contribution in [3.8, 4) is 0 Å². The molecule has 4 heteroatoms. The summed E-state index contributed by atoms with van der Waals surface area (Å²) in [6, 6.07) is 7.87. The van der Waals surface area contributed by atoms with E-state index in [4.69, 9.17) is 5.73 Å². The quantitative estimate of drug-likeness (QED) is 0.811. The van der Waals surface area contributed by atoms with Crippen molar-refractivity contribution < 1.29 is 0 Å². The lowest BCUT2D eigenvalue weighted by atomic mass is 10.1. The van der Waals surface area contributed by atoms with Crippen LogP contribution in [0.3, 0.4) is 0 Å². The van der Waals surface area contributed by atoms with Gasteiger partial charge in [0.25, 0.3) is 0 Å².